The molecule has 2 heterocycles. The lowest BCUT2D eigenvalue weighted by atomic mass is 10.2. The molecule has 2 aromatic heterocycles. The minimum Gasteiger partial charge on any atom is -0.381 e. The molecular formula is C15H12ClN5. The summed E-state index contributed by atoms with van der Waals surface area (Å²) in [6, 6.07) is 9.27. The van der Waals surface area contributed by atoms with Crippen LogP contribution in [0.3, 0.4) is 0 Å². The van der Waals surface area contributed by atoms with Gasteiger partial charge in [0, 0.05) is 36.3 Å². The topological polar surface area (TPSA) is 66.0 Å². The maximum Gasteiger partial charge on any atom is 0.155 e. The monoisotopic (exact) mass is 297 g/mol. The van der Waals surface area contributed by atoms with Crippen molar-refractivity contribution in [2.75, 3.05) is 5.32 Å². The Morgan fingerprint density at radius 3 is 3.05 bits per heavy atom. The van der Waals surface area contributed by atoms with Crippen LogP contribution in [0.5, 0.6) is 0 Å². The normalized spacial score (nSPS) is 10.5. The largest absolute Gasteiger partial charge is 0.381 e. The van der Waals surface area contributed by atoms with E-state index in [4.69, 9.17) is 16.9 Å². The second kappa shape index (κ2) is 5.43. The Hall–Kier alpha value is -2.58. The van der Waals surface area contributed by atoms with Gasteiger partial charge in [0.05, 0.1) is 16.3 Å². The van der Waals surface area contributed by atoms with Crippen LogP contribution in [0, 0.1) is 18.3 Å². The number of anilines is 1. The van der Waals surface area contributed by atoms with Crippen molar-refractivity contribution in [3.63, 3.8) is 0 Å². The number of hydrogen-bond donors (Lipinski definition) is 1. The molecule has 104 valence electrons. The van der Waals surface area contributed by atoms with Crippen LogP contribution < -0.4 is 5.32 Å². The predicted molar refractivity (Wildman–Crippen MR) is 81.2 cm³/mol. The summed E-state index contributed by atoms with van der Waals surface area (Å²) in [6.45, 7) is 2.53. The molecular weight excluding hydrogens is 286 g/mol. The molecule has 0 saturated heterocycles. The summed E-state index contributed by atoms with van der Waals surface area (Å²) < 4.78 is 1.76. The molecule has 3 aromatic rings. The maximum atomic E-state index is 8.96. The Morgan fingerprint density at radius 2 is 2.24 bits per heavy atom. The van der Waals surface area contributed by atoms with Gasteiger partial charge in [0.1, 0.15) is 6.07 Å². The van der Waals surface area contributed by atoms with Crippen LogP contribution in [0.4, 0.5) is 5.69 Å². The highest BCUT2D eigenvalue weighted by molar-refractivity contribution is 6.31. The lowest BCUT2D eigenvalue weighted by molar-refractivity contribution is 0.895. The van der Waals surface area contributed by atoms with Gasteiger partial charge >= 0.3 is 0 Å². The Bertz CT molecular complexity index is 847. The second-order valence-corrected chi connectivity index (χ2v) is 5.12. The molecule has 0 atom stereocenters. The summed E-state index contributed by atoms with van der Waals surface area (Å²) in [7, 11) is 0. The fourth-order valence-electron chi connectivity index (χ4n) is 2.05. The van der Waals surface area contributed by atoms with Crippen LogP contribution in [0.2, 0.25) is 5.02 Å². The lowest BCUT2D eigenvalue weighted by Gasteiger charge is -2.07. The van der Waals surface area contributed by atoms with Gasteiger partial charge < -0.3 is 5.32 Å². The number of fused-ring (bicyclic) bond motifs is 1. The average Bonchev–Trinajstić information content (AvgIpc) is 2.85. The Kier molecular flexibility index (Phi) is 3.46. The Labute approximate surface area is 126 Å². The van der Waals surface area contributed by atoms with E-state index in [1.54, 1.807) is 16.6 Å². The third kappa shape index (κ3) is 2.81. The molecule has 0 spiro atoms. The summed E-state index contributed by atoms with van der Waals surface area (Å²) >= 11 is 5.91. The molecule has 0 aliphatic rings. The molecule has 0 fully saturated rings. The highest BCUT2D eigenvalue weighted by atomic mass is 35.5. The van der Waals surface area contributed by atoms with Crippen molar-refractivity contribution in [2.24, 2.45) is 0 Å². The number of nitriles is 1. The van der Waals surface area contributed by atoms with Gasteiger partial charge in [0.25, 0.3) is 0 Å². The number of aryl methyl sites for hydroxylation is 1. The van der Waals surface area contributed by atoms with Gasteiger partial charge in [-0.3, -0.25) is 0 Å². The van der Waals surface area contributed by atoms with Crippen molar-refractivity contribution < 1.29 is 0 Å². The number of aromatic nitrogens is 3. The molecule has 0 radical (unpaired) electrons. The number of rotatable bonds is 3. The number of nitrogens with one attached hydrogen (secondary N) is 1. The summed E-state index contributed by atoms with van der Waals surface area (Å²) in [5.41, 5.74) is 4.06. The average molecular weight is 298 g/mol. The molecule has 0 aliphatic heterocycles. The van der Waals surface area contributed by atoms with Gasteiger partial charge in [-0.25, -0.2) is 9.50 Å². The van der Waals surface area contributed by atoms with E-state index in [9.17, 15) is 0 Å². The molecule has 3 rings (SSSR count). The zero-order chi connectivity index (χ0) is 14.8. The smallest absolute Gasteiger partial charge is 0.155 e. The first-order chi connectivity index (χ1) is 10.2. The molecule has 0 amide bonds. The number of hydrogen-bond acceptors (Lipinski definition) is 4. The van der Waals surface area contributed by atoms with Gasteiger partial charge in [-0.05, 0) is 25.1 Å². The van der Waals surface area contributed by atoms with E-state index in [1.165, 1.54) is 0 Å². The Morgan fingerprint density at radius 1 is 1.38 bits per heavy atom. The van der Waals surface area contributed by atoms with Crippen LogP contribution in [0.15, 0.2) is 36.7 Å². The standard InChI is InChI=1S/C15H12ClN5/c1-10-4-15-19-8-11(9-21(15)20-10)7-18-13-2-3-14(16)12(5-13)6-17/h2-5,8-9,18H,7H2,1H3. The van der Waals surface area contributed by atoms with Gasteiger partial charge in [-0.15, -0.1) is 0 Å². The third-order valence-electron chi connectivity index (χ3n) is 3.07. The lowest BCUT2D eigenvalue weighted by Crippen LogP contribution is -2.02. The van der Waals surface area contributed by atoms with Crippen LogP contribution in [-0.4, -0.2) is 14.6 Å². The van der Waals surface area contributed by atoms with Crippen molar-refractivity contribution in [3.8, 4) is 6.07 Å². The van der Waals surface area contributed by atoms with E-state index in [-0.39, 0.29) is 0 Å². The first-order valence-electron chi connectivity index (χ1n) is 6.40. The fourth-order valence-corrected chi connectivity index (χ4v) is 2.21. The van der Waals surface area contributed by atoms with E-state index in [0.29, 0.717) is 17.1 Å². The first kappa shape index (κ1) is 13.4. The van der Waals surface area contributed by atoms with Gasteiger partial charge in [-0.2, -0.15) is 10.4 Å². The number of nitrogens with zero attached hydrogens (tertiary/aromatic N) is 4. The molecule has 21 heavy (non-hydrogen) atoms. The van der Waals surface area contributed by atoms with E-state index in [2.05, 4.69) is 21.5 Å². The van der Waals surface area contributed by atoms with Crippen LogP contribution in [-0.2, 0) is 6.54 Å². The first-order valence-corrected chi connectivity index (χ1v) is 6.78. The van der Waals surface area contributed by atoms with E-state index < -0.39 is 0 Å². The second-order valence-electron chi connectivity index (χ2n) is 4.71. The van der Waals surface area contributed by atoms with Crippen LogP contribution in [0.25, 0.3) is 5.65 Å². The molecule has 1 N–H and O–H groups in total. The van der Waals surface area contributed by atoms with Crippen LogP contribution in [0.1, 0.15) is 16.8 Å². The van der Waals surface area contributed by atoms with Crippen molar-refractivity contribution in [3.05, 3.63) is 58.5 Å². The summed E-state index contributed by atoms with van der Waals surface area (Å²) in [4.78, 5) is 4.35. The van der Waals surface area contributed by atoms with Crippen molar-refractivity contribution in [1.29, 1.82) is 5.26 Å². The van der Waals surface area contributed by atoms with Gasteiger partial charge in [-0.1, -0.05) is 11.6 Å². The molecule has 1 aromatic carbocycles. The summed E-state index contributed by atoms with van der Waals surface area (Å²) in [5, 5.41) is 17.0. The maximum absolute atomic E-state index is 8.96. The summed E-state index contributed by atoms with van der Waals surface area (Å²) in [6.07, 6.45) is 3.74. The quantitative estimate of drug-likeness (QED) is 0.806. The number of halogens is 1. The van der Waals surface area contributed by atoms with Crippen molar-refractivity contribution in [2.45, 2.75) is 13.5 Å². The summed E-state index contributed by atoms with van der Waals surface area (Å²) in [5.74, 6) is 0. The van der Waals surface area contributed by atoms with Gasteiger partial charge in [0.15, 0.2) is 5.65 Å². The van der Waals surface area contributed by atoms with Crippen molar-refractivity contribution >= 4 is 22.9 Å². The SMILES string of the molecule is Cc1cc2ncc(CNc3ccc(Cl)c(C#N)c3)cn2n1. The molecule has 0 saturated carbocycles. The van der Waals surface area contributed by atoms with E-state index >= 15 is 0 Å². The van der Waals surface area contributed by atoms with E-state index in [1.807, 2.05) is 31.5 Å². The highest BCUT2D eigenvalue weighted by Gasteiger charge is 2.03. The Balaban J connectivity index is 1.78. The minimum absolute atomic E-state index is 0.456. The molecule has 5 nitrogen and oxygen atoms in total. The highest BCUT2D eigenvalue weighted by Crippen LogP contribution is 2.20. The molecule has 6 heteroatoms. The zero-order valence-corrected chi connectivity index (χ0v) is 12.1. The minimum atomic E-state index is 0.456. The molecule has 0 unspecified atom stereocenters. The van der Waals surface area contributed by atoms with Gasteiger partial charge in [0.2, 0.25) is 0 Å². The number of benzene rings is 1. The fraction of sp³-hybridized carbons (Fsp3) is 0.133. The predicted octanol–water partition coefficient (Wildman–Crippen LogP) is 3.17. The van der Waals surface area contributed by atoms with Crippen molar-refractivity contribution in [1.82, 2.24) is 14.6 Å². The molecule has 0 aliphatic carbocycles. The zero-order valence-electron chi connectivity index (χ0n) is 11.3. The van der Waals surface area contributed by atoms with E-state index in [0.717, 1.165) is 22.6 Å². The van der Waals surface area contributed by atoms with Crippen LogP contribution >= 0.6 is 11.6 Å². The third-order valence-corrected chi connectivity index (χ3v) is 3.40. The molecule has 0 bridgehead atoms.